The van der Waals surface area contributed by atoms with Crippen LogP contribution in [0.4, 0.5) is 0 Å². The molecule has 0 bridgehead atoms. The molecular formula is C14H30N2S. The van der Waals surface area contributed by atoms with E-state index in [1.807, 2.05) is 0 Å². The van der Waals surface area contributed by atoms with E-state index in [0.29, 0.717) is 0 Å². The third kappa shape index (κ3) is 7.32. The van der Waals surface area contributed by atoms with Crippen molar-refractivity contribution in [1.82, 2.24) is 10.2 Å². The van der Waals surface area contributed by atoms with Gasteiger partial charge in [-0.05, 0) is 32.5 Å². The zero-order valence-electron chi connectivity index (χ0n) is 11.9. The third-order valence-electron chi connectivity index (χ3n) is 3.32. The molecule has 102 valence electrons. The number of unbranched alkanes of at least 4 members (excludes halogenated alkanes) is 3. The lowest BCUT2D eigenvalue weighted by molar-refractivity contribution is 0.264. The number of rotatable bonds is 8. The molecule has 1 saturated heterocycles. The highest BCUT2D eigenvalue weighted by molar-refractivity contribution is 8.00. The summed E-state index contributed by atoms with van der Waals surface area (Å²) in [5.74, 6) is 0. The van der Waals surface area contributed by atoms with Crippen molar-refractivity contribution in [1.29, 1.82) is 0 Å². The average molecular weight is 258 g/mol. The summed E-state index contributed by atoms with van der Waals surface area (Å²) in [6, 6.07) is 0. The van der Waals surface area contributed by atoms with Crippen molar-refractivity contribution < 1.29 is 0 Å². The lowest BCUT2D eigenvalue weighted by Crippen LogP contribution is -2.40. The highest BCUT2D eigenvalue weighted by Crippen LogP contribution is 2.24. The summed E-state index contributed by atoms with van der Waals surface area (Å²) >= 11 is 2.15. The van der Waals surface area contributed by atoms with E-state index in [9.17, 15) is 0 Å². The van der Waals surface area contributed by atoms with Crippen LogP contribution < -0.4 is 5.32 Å². The molecule has 1 heterocycles. The lowest BCUT2D eigenvalue weighted by Gasteiger charge is -2.34. The summed E-state index contributed by atoms with van der Waals surface area (Å²) in [7, 11) is 0. The first-order valence-electron chi connectivity index (χ1n) is 7.31. The van der Waals surface area contributed by atoms with Crippen molar-refractivity contribution in [2.24, 2.45) is 0 Å². The van der Waals surface area contributed by atoms with Crippen molar-refractivity contribution >= 4 is 11.8 Å². The Morgan fingerprint density at radius 2 is 1.71 bits per heavy atom. The van der Waals surface area contributed by atoms with Crippen LogP contribution in [0.5, 0.6) is 0 Å². The molecule has 17 heavy (non-hydrogen) atoms. The zero-order valence-corrected chi connectivity index (χ0v) is 12.7. The fourth-order valence-electron chi connectivity index (χ4n) is 2.58. The van der Waals surface area contributed by atoms with Crippen molar-refractivity contribution in [3.63, 3.8) is 0 Å². The van der Waals surface area contributed by atoms with Gasteiger partial charge in [0.1, 0.15) is 0 Å². The average Bonchev–Trinajstić information content (AvgIpc) is 2.26. The SMILES string of the molecule is CCNCCCCCCN1CC(C)SC(C)C1. The highest BCUT2D eigenvalue weighted by atomic mass is 32.2. The Labute approximate surface area is 112 Å². The van der Waals surface area contributed by atoms with Crippen LogP contribution >= 0.6 is 11.8 Å². The minimum Gasteiger partial charge on any atom is -0.317 e. The normalized spacial score (nSPS) is 26.3. The Morgan fingerprint density at radius 3 is 2.35 bits per heavy atom. The lowest BCUT2D eigenvalue weighted by atomic mass is 10.2. The van der Waals surface area contributed by atoms with Gasteiger partial charge in [0, 0.05) is 23.6 Å². The summed E-state index contributed by atoms with van der Waals surface area (Å²) in [4.78, 5) is 2.66. The van der Waals surface area contributed by atoms with Crippen molar-refractivity contribution in [3.05, 3.63) is 0 Å². The molecule has 2 nitrogen and oxygen atoms in total. The largest absolute Gasteiger partial charge is 0.317 e. The number of thioether (sulfide) groups is 1. The van der Waals surface area contributed by atoms with E-state index in [0.717, 1.165) is 17.0 Å². The van der Waals surface area contributed by atoms with Gasteiger partial charge in [0.2, 0.25) is 0 Å². The van der Waals surface area contributed by atoms with Gasteiger partial charge in [0.05, 0.1) is 0 Å². The first-order chi connectivity index (χ1) is 8.22. The van der Waals surface area contributed by atoms with Crippen molar-refractivity contribution in [2.75, 3.05) is 32.7 Å². The van der Waals surface area contributed by atoms with E-state index in [2.05, 4.69) is 42.7 Å². The Balaban J connectivity index is 1.95. The summed E-state index contributed by atoms with van der Waals surface area (Å²) in [6.07, 6.45) is 5.52. The fourth-order valence-corrected chi connectivity index (χ4v) is 3.97. The van der Waals surface area contributed by atoms with Crippen LogP contribution in [-0.4, -0.2) is 48.1 Å². The highest BCUT2D eigenvalue weighted by Gasteiger charge is 2.21. The molecule has 0 spiro atoms. The zero-order chi connectivity index (χ0) is 12.5. The molecule has 0 amide bonds. The topological polar surface area (TPSA) is 15.3 Å². The number of nitrogens with one attached hydrogen (secondary N) is 1. The molecule has 0 aromatic carbocycles. The molecule has 0 radical (unpaired) electrons. The molecule has 0 aromatic rings. The fraction of sp³-hybridized carbons (Fsp3) is 1.00. The molecule has 1 rings (SSSR count). The molecule has 0 aliphatic carbocycles. The van der Waals surface area contributed by atoms with E-state index in [4.69, 9.17) is 0 Å². The first kappa shape index (κ1) is 15.3. The van der Waals surface area contributed by atoms with Gasteiger partial charge in [-0.15, -0.1) is 0 Å². The Bertz CT molecular complexity index is 177. The summed E-state index contributed by atoms with van der Waals surface area (Å²) in [5, 5.41) is 5.04. The van der Waals surface area contributed by atoms with Crippen molar-refractivity contribution in [2.45, 2.75) is 57.0 Å². The predicted molar refractivity (Wildman–Crippen MR) is 80.0 cm³/mol. The predicted octanol–water partition coefficient (Wildman–Crippen LogP) is 2.98. The van der Waals surface area contributed by atoms with E-state index in [1.165, 1.54) is 51.9 Å². The van der Waals surface area contributed by atoms with Crippen LogP contribution in [0.25, 0.3) is 0 Å². The van der Waals surface area contributed by atoms with Crippen LogP contribution in [-0.2, 0) is 0 Å². The molecule has 1 aliphatic rings. The molecule has 1 fully saturated rings. The van der Waals surface area contributed by atoms with Gasteiger partial charge in [-0.25, -0.2) is 0 Å². The summed E-state index contributed by atoms with van der Waals surface area (Å²) in [6.45, 7) is 13.1. The maximum atomic E-state index is 3.39. The van der Waals surface area contributed by atoms with Gasteiger partial charge in [-0.2, -0.15) is 11.8 Å². The number of hydrogen-bond donors (Lipinski definition) is 1. The van der Waals surface area contributed by atoms with Gasteiger partial charge < -0.3 is 10.2 Å². The van der Waals surface area contributed by atoms with E-state index in [1.54, 1.807) is 0 Å². The van der Waals surface area contributed by atoms with Crippen LogP contribution in [0.15, 0.2) is 0 Å². The van der Waals surface area contributed by atoms with E-state index >= 15 is 0 Å². The molecule has 1 N–H and O–H groups in total. The van der Waals surface area contributed by atoms with E-state index < -0.39 is 0 Å². The molecule has 2 unspecified atom stereocenters. The van der Waals surface area contributed by atoms with Crippen molar-refractivity contribution in [3.8, 4) is 0 Å². The van der Waals surface area contributed by atoms with Gasteiger partial charge >= 0.3 is 0 Å². The number of nitrogens with zero attached hydrogens (tertiary/aromatic N) is 1. The Morgan fingerprint density at radius 1 is 1.06 bits per heavy atom. The Kier molecular flexibility index (Phi) is 8.33. The monoisotopic (exact) mass is 258 g/mol. The Hall–Kier alpha value is 0.270. The number of hydrogen-bond acceptors (Lipinski definition) is 3. The minimum absolute atomic E-state index is 0.826. The van der Waals surface area contributed by atoms with Crippen LogP contribution in [0.1, 0.15) is 46.5 Å². The second kappa shape index (κ2) is 9.23. The smallest absolute Gasteiger partial charge is 0.0149 e. The quantitative estimate of drug-likeness (QED) is 0.674. The second-order valence-corrected chi connectivity index (χ2v) is 7.17. The molecular weight excluding hydrogens is 228 g/mol. The maximum Gasteiger partial charge on any atom is 0.0149 e. The third-order valence-corrected chi connectivity index (χ3v) is 4.55. The molecule has 2 atom stereocenters. The van der Waals surface area contributed by atoms with Gasteiger partial charge in [0.25, 0.3) is 0 Å². The summed E-state index contributed by atoms with van der Waals surface area (Å²) in [5.41, 5.74) is 0. The molecule has 1 aliphatic heterocycles. The summed E-state index contributed by atoms with van der Waals surface area (Å²) < 4.78 is 0. The maximum absolute atomic E-state index is 3.39. The first-order valence-corrected chi connectivity index (χ1v) is 8.25. The second-order valence-electron chi connectivity index (χ2n) is 5.28. The minimum atomic E-state index is 0.826. The van der Waals surface area contributed by atoms with Gasteiger partial charge in [0.15, 0.2) is 0 Å². The van der Waals surface area contributed by atoms with Gasteiger partial charge in [-0.1, -0.05) is 33.6 Å². The van der Waals surface area contributed by atoms with Crippen LogP contribution in [0, 0.1) is 0 Å². The van der Waals surface area contributed by atoms with Gasteiger partial charge in [-0.3, -0.25) is 0 Å². The standard InChI is InChI=1S/C14H30N2S/c1-4-15-9-7-5-6-8-10-16-11-13(2)17-14(3)12-16/h13-15H,4-12H2,1-3H3. The van der Waals surface area contributed by atoms with E-state index in [-0.39, 0.29) is 0 Å². The molecule has 0 saturated carbocycles. The molecule has 3 heteroatoms. The molecule has 0 aromatic heterocycles. The van der Waals surface area contributed by atoms with Crippen LogP contribution in [0.2, 0.25) is 0 Å². The van der Waals surface area contributed by atoms with Crippen LogP contribution in [0.3, 0.4) is 0 Å².